The highest BCUT2D eigenvalue weighted by molar-refractivity contribution is 7.89. The Labute approximate surface area is 165 Å². The van der Waals surface area contributed by atoms with Gasteiger partial charge in [-0.3, -0.25) is 0 Å². The number of hydrogen-bond acceptors (Lipinski definition) is 5. The van der Waals surface area contributed by atoms with Crippen molar-refractivity contribution in [3.8, 4) is 17.6 Å². The lowest BCUT2D eigenvalue weighted by molar-refractivity contribution is 0.569. The third-order valence-electron chi connectivity index (χ3n) is 4.33. The fourth-order valence-electron chi connectivity index (χ4n) is 3.25. The Kier molecular flexibility index (Phi) is 5.24. The molecule has 8 heteroatoms. The molecule has 2 aromatic heterocycles. The summed E-state index contributed by atoms with van der Waals surface area (Å²) in [6.07, 6.45) is 2.56. The normalized spacial score (nSPS) is 12.1. The van der Waals surface area contributed by atoms with E-state index >= 15 is 0 Å². The molecule has 1 aromatic carbocycles. The van der Waals surface area contributed by atoms with Crippen LogP contribution < -0.4 is 4.72 Å². The van der Waals surface area contributed by atoms with E-state index in [2.05, 4.69) is 20.8 Å². The quantitative estimate of drug-likeness (QED) is 0.709. The van der Waals surface area contributed by atoms with Gasteiger partial charge in [-0.15, -0.1) is 0 Å². The molecular weight excluding hydrogens is 374 g/mol. The Morgan fingerprint density at radius 3 is 2.32 bits per heavy atom. The molecule has 0 bridgehead atoms. The number of benzene rings is 1. The summed E-state index contributed by atoms with van der Waals surface area (Å²) in [6.45, 7) is 9.51. The molecule has 0 atom stereocenters. The Hall–Kier alpha value is -2.76. The van der Waals surface area contributed by atoms with Crippen LogP contribution >= 0.6 is 0 Å². The van der Waals surface area contributed by atoms with Crippen LogP contribution in [0.3, 0.4) is 0 Å². The van der Waals surface area contributed by atoms with Crippen molar-refractivity contribution < 1.29 is 8.42 Å². The van der Waals surface area contributed by atoms with Crippen LogP contribution in [0.2, 0.25) is 0 Å². The highest BCUT2D eigenvalue weighted by Gasteiger charge is 2.23. The summed E-state index contributed by atoms with van der Waals surface area (Å²) in [7, 11) is -3.68. The van der Waals surface area contributed by atoms with Crippen molar-refractivity contribution in [2.24, 2.45) is 0 Å². The van der Waals surface area contributed by atoms with E-state index in [-0.39, 0.29) is 17.0 Å². The third-order valence-corrected chi connectivity index (χ3v) is 5.94. The molecule has 0 aliphatic rings. The molecule has 0 spiro atoms. The number of aryl methyl sites for hydroxylation is 1. The minimum absolute atomic E-state index is 0.00786. The highest BCUT2D eigenvalue weighted by atomic mass is 32.2. The number of nitrogens with one attached hydrogen (secondary N) is 1. The van der Waals surface area contributed by atoms with Crippen molar-refractivity contribution in [1.29, 1.82) is 5.26 Å². The molecule has 0 saturated heterocycles. The van der Waals surface area contributed by atoms with Gasteiger partial charge >= 0.3 is 0 Å². The largest absolute Gasteiger partial charge is 0.334 e. The first-order valence-corrected chi connectivity index (χ1v) is 10.5. The molecule has 7 nitrogen and oxygen atoms in total. The van der Waals surface area contributed by atoms with E-state index in [0.717, 1.165) is 16.5 Å². The van der Waals surface area contributed by atoms with Crippen LogP contribution in [0.5, 0.6) is 0 Å². The fraction of sp³-hybridized carbons (Fsp3) is 0.350. The third kappa shape index (κ3) is 3.51. The van der Waals surface area contributed by atoms with Gasteiger partial charge in [0.25, 0.3) is 0 Å². The standard InChI is InChI=1S/C20H23N5O2S/c1-12(2)24-28(26,27)15-10-22-20(23-11-15)19-17(9-21)16-8-14(5)6-7-18(16)25(19)13(3)4/h6-8,10-13,24H,1-5H3. The molecule has 0 aliphatic heterocycles. The smallest absolute Gasteiger partial charge is 0.243 e. The molecule has 0 fully saturated rings. The van der Waals surface area contributed by atoms with E-state index in [4.69, 9.17) is 0 Å². The van der Waals surface area contributed by atoms with E-state index in [1.54, 1.807) is 13.8 Å². The number of fused-ring (bicyclic) bond motifs is 1. The summed E-state index contributed by atoms with van der Waals surface area (Å²) >= 11 is 0. The van der Waals surface area contributed by atoms with E-state index in [0.29, 0.717) is 17.1 Å². The Bertz CT molecular complexity index is 1170. The molecular formula is C20H23N5O2S. The van der Waals surface area contributed by atoms with Crippen LogP contribution in [0.25, 0.3) is 22.4 Å². The van der Waals surface area contributed by atoms with Gasteiger partial charge in [0.05, 0.1) is 23.5 Å². The lowest BCUT2D eigenvalue weighted by Crippen LogP contribution is -2.30. The molecule has 0 radical (unpaired) electrons. The van der Waals surface area contributed by atoms with Gasteiger partial charge in [0.15, 0.2) is 5.82 Å². The van der Waals surface area contributed by atoms with Gasteiger partial charge in [0.2, 0.25) is 10.0 Å². The maximum absolute atomic E-state index is 12.3. The molecule has 146 valence electrons. The minimum Gasteiger partial charge on any atom is -0.334 e. The first kappa shape index (κ1) is 20.0. The molecule has 2 heterocycles. The first-order valence-electron chi connectivity index (χ1n) is 9.05. The molecule has 3 rings (SSSR count). The van der Waals surface area contributed by atoms with Gasteiger partial charge in [-0.05, 0) is 46.8 Å². The number of nitriles is 1. The van der Waals surface area contributed by atoms with Crippen LogP contribution in [0.1, 0.15) is 44.9 Å². The molecule has 0 saturated carbocycles. The average molecular weight is 398 g/mol. The number of rotatable bonds is 5. The van der Waals surface area contributed by atoms with Crippen LogP contribution in [-0.2, 0) is 10.0 Å². The monoisotopic (exact) mass is 397 g/mol. The van der Waals surface area contributed by atoms with Crippen LogP contribution in [-0.4, -0.2) is 29.0 Å². The highest BCUT2D eigenvalue weighted by Crippen LogP contribution is 2.35. The van der Waals surface area contributed by atoms with Gasteiger partial charge < -0.3 is 4.57 Å². The zero-order valence-corrected chi connectivity index (χ0v) is 17.4. The molecule has 1 N–H and O–H groups in total. The van der Waals surface area contributed by atoms with Crippen molar-refractivity contribution in [2.45, 2.75) is 51.6 Å². The maximum Gasteiger partial charge on any atom is 0.243 e. The Morgan fingerprint density at radius 1 is 1.14 bits per heavy atom. The predicted octanol–water partition coefficient (Wildman–Crippen LogP) is 3.55. The predicted molar refractivity (Wildman–Crippen MR) is 108 cm³/mol. The van der Waals surface area contributed by atoms with Gasteiger partial charge in [0, 0.05) is 17.5 Å². The lowest BCUT2D eigenvalue weighted by atomic mass is 10.1. The summed E-state index contributed by atoms with van der Waals surface area (Å²) in [5.41, 5.74) is 3.06. The second-order valence-electron chi connectivity index (χ2n) is 7.34. The van der Waals surface area contributed by atoms with Crippen molar-refractivity contribution in [2.75, 3.05) is 0 Å². The van der Waals surface area contributed by atoms with E-state index in [9.17, 15) is 13.7 Å². The van der Waals surface area contributed by atoms with Crippen LogP contribution in [0.4, 0.5) is 0 Å². The number of aromatic nitrogens is 3. The van der Waals surface area contributed by atoms with E-state index < -0.39 is 10.0 Å². The first-order chi connectivity index (χ1) is 13.2. The van der Waals surface area contributed by atoms with Crippen LogP contribution in [0, 0.1) is 18.3 Å². The second kappa shape index (κ2) is 7.34. The SMILES string of the molecule is Cc1ccc2c(c1)c(C#N)c(-c1ncc(S(=O)(=O)NC(C)C)cn1)n2C(C)C. The molecule has 0 unspecified atom stereocenters. The summed E-state index contributed by atoms with van der Waals surface area (Å²) in [6, 6.07) is 8.07. The number of nitrogens with zero attached hydrogens (tertiary/aromatic N) is 4. The fourth-order valence-corrected chi connectivity index (χ4v) is 4.39. The molecule has 0 amide bonds. The van der Waals surface area contributed by atoms with Crippen molar-refractivity contribution in [3.63, 3.8) is 0 Å². The second-order valence-corrected chi connectivity index (χ2v) is 9.05. The summed E-state index contributed by atoms with van der Waals surface area (Å²) in [5.74, 6) is 0.322. The van der Waals surface area contributed by atoms with Gasteiger partial charge in [-0.2, -0.15) is 5.26 Å². The average Bonchev–Trinajstić information content (AvgIpc) is 2.94. The molecule has 0 aliphatic carbocycles. The van der Waals surface area contributed by atoms with Crippen molar-refractivity contribution in [3.05, 3.63) is 41.7 Å². The van der Waals surface area contributed by atoms with E-state index in [1.807, 2.05) is 43.5 Å². The minimum atomic E-state index is -3.68. The van der Waals surface area contributed by atoms with Crippen molar-refractivity contribution >= 4 is 20.9 Å². The van der Waals surface area contributed by atoms with E-state index in [1.165, 1.54) is 12.4 Å². The Morgan fingerprint density at radius 2 is 1.79 bits per heavy atom. The van der Waals surface area contributed by atoms with Gasteiger partial charge in [0.1, 0.15) is 16.7 Å². The molecule has 3 aromatic rings. The maximum atomic E-state index is 12.3. The van der Waals surface area contributed by atoms with Crippen molar-refractivity contribution in [1.82, 2.24) is 19.3 Å². The summed E-state index contributed by atoms with van der Waals surface area (Å²) in [4.78, 5) is 8.57. The number of hydrogen-bond donors (Lipinski definition) is 1. The summed E-state index contributed by atoms with van der Waals surface area (Å²) in [5, 5.41) is 10.7. The zero-order valence-electron chi connectivity index (χ0n) is 16.6. The topological polar surface area (TPSA) is 101 Å². The van der Waals surface area contributed by atoms with Crippen LogP contribution in [0.15, 0.2) is 35.5 Å². The summed E-state index contributed by atoms with van der Waals surface area (Å²) < 4.78 is 29.2. The van der Waals surface area contributed by atoms with Gasteiger partial charge in [-0.25, -0.2) is 23.1 Å². The lowest BCUT2D eigenvalue weighted by Gasteiger charge is -2.14. The van der Waals surface area contributed by atoms with Gasteiger partial charge in [-0.1, -0.05) is 11.6 Å². The number of sulfonamides is 1. The molecule has 28 heavy (non-hydrogen) atoms. The Balaban J connectivity index is 2.22. The zero-order chi connectivity index (χ0) is 20.6.